The first kappa shape index (κ1) is 10.8. The molecule has 0 aliphatic carbocycles. The molecule has 0 aliphatic rings. The summed E-state index contributed by atoms with van der Waals surface area (Å²) in [5.74, 6) is -1.93. The van der Waals surface area contributed by atoms with Gasteiger partial charge in [-0.15, -0.1) is 0 Å². The van der Waals surface area contributed by atoms with Crippen molar-refractivity contribution < 1.29 is 19.1 Å². The summed E-state index contributed by atoms with van der Waals surface area (Å²) in [6, 6.07) is 0. The van der Waals surface area contributed by atoms with Gasteiger partial charge in [-0.2, -0.15) is 0 Å². The van der Waals surface area contributed by atoms with E-state index < -0.39 is 17.7 Å². The predicted molar refractivity (Wildman–Crippen MR) is 41.5 cm³/mol. The van der Waals surface area contributed by atoms with Gasteiger partial charge in [-0.05, 0) is 13.8 Å². The SMILES string of the molecule is COC(=O)CC(=O)C(C)C(C)=O. The second-order valence-corrected chi connectivity index (χ2v) is 2.55. The van der Waals surface area contributed by atoms with Gasteiger partial charge in [-0.3, -0.25) is 14.4 Å². The number of Topliss-reactive ketones (excluding diaryl/α,β-unsaturated/α-hetero) is 2. The summed E-state index contributed by atoms with van der Waals surface area (Å²) in [6.45, 7) is 2.80. The lowest BCUT2D eigenvalue weighted by Gasteiger charge is -2.04. The van der Waals surface area contributed by atoms with Crippen molar-refractivity contribution >= 4 is 17.5 Å². The van der Waals surface area contributed by atoms with E-state index in [9.17, 15) is 14.4 Å². The molecule has 0 saturated carbocycles. The van der Waals surface area contributed by atoms with Crippen LogP contribution in [-0.2, 0) is 19.1 Å². The van der Waals surface area contributed by atoms with Crippen LogP contribution in [0.3, 0.4) is 0 Å². The molecule has 0 aromatic rings. The van der Waals surface area contributed by atoms with Gasteiger partial charge in [0.2, 0.25) is 0 Å². The average molecular weight is 172 g/mol. The van der Waals surface area contributed by atoms with Crippen LogP contribution in [0.25, 0.3) is 0 Å². The quantitative estimate of drug-likeness (QED) is 0.453. The summed E-state index contributed by atoms with van der Waals surface area (Å²) < 4.78 is 4.28. The fourth-order valence-electron chi connectivity index (χ4n) is 0.594. The third kappa shape index (κ3) is 3.27. The summed E-state index contributed by atoms with van der Waals surface area (Å²) in [7, 11) is 1.20. The summed E-state index contributed by atoms with van der Waals surface area (Å²) in [5.41, 5.74) is 0. The molecule has 0 bridgehead atoms. The minimum absolute atomic E-state index is 0.232. The van der Waals surface area contributed by atoms with Crippen LogP contribution in [0, 0.1) is 5.92 Å². The minimum atomic E-state index is -0.705. The Labute approximate surface area is 70.9 Å². The van der Waals surface area contributed by atoms with Gasteiger partial charge in [-0.1, -0.05) is 0 Å². The average Bonchev–Trinajstić information content (AvgIpc) is 2.02. The van der Waals surface area contributed by atoms with E-state index in [0.717, 1.165) is 0 Å². The van der Waals surface area contributed by atoms with Crippen LogP contribution in [-0.4, -0.2) is 24.6 Å². The highest BCUT2D eigenvalue weighted by Crippen LogP contribution is 2.02. The van der Waals surface area contributed by atoms with Crippen LogP contribution < -0.4 is 0 Å². The number of ketones is 2. The number of carbonyl (C=O) groups excluding carboxylic acids is 3. The highest BCUT2D eigenvalue weighted by molar-refractivity contribution is 6.07. The molecule has 0 aliphatic heterocycles. The van der Waals surface area contributed by atoms with Crippen LogP contribution in [0.4, 0.5) is 0 Å². The molecule has 1 unspecified atom stereocenters. The molecule has 4 heteroatoms. The molecule has 0 heterocycles. The summed E-state index contributed by atoms with van der Waals surface area (Å²) >= 11 is 0. The number of hydrogen-bond acceptors (Lipinski definition) is 4. The third-order valence-electron chi connectivity index (χ3n) is 1.64. The lowest BCUT2D eigenvalue weighted by molar-refractivity contribution is -0.144. The van der Waals surface area contributed by atoms with Crippen molar-refractivity contribution in [2.75, 3.05) is 7.11 Å². The van der Waals surface area contributed by atoms with E-state index in [0.29, 0.717) is 0 Å². The number of hydrogen-bond donors (Lipinski definition) is 0. The molecule has 1 atom stereocenters. The van der Waals surface area contributed by atoms with E-state index >= 15 is 0 Å². The molecular weight excluding hydrogens is 160 g/mol. The molecule has 12 heavy (non-hydrogen) atoms. The zero-order valence-electron chi connectivity index (χ0n) is 7.42. The zero-order chi connectivity index (χ0) is 9.72. The van der Waals surface area contributed by atoms with E-state index in [-0.39, 0.29) is 12.2 Å². The molecule has 0 radical (unpaired) electrons. The Morgan fingerprint density at radius 3 is 2.17 bits per heavy atom. The van der Waals surface area contributed by atoms with Crippen LogP contribution in [0.15, 0.2) is 0 Å². The van der Waals surface area contributed by atoms with Gasteiger partial charge >= 0.3 is 5.97 Å². The Hall–Kier alpha value is -1.19. The molecule has 68 valence electrons. The van der Waals surface area contributed by atoms with E-state index in [1.165, 1.54) is 21.0 Å². The van der Waals surface area contributed by atoms with Gasteiger partial charge in [-0.25, -0.2) is 0 Å². The van der Waals surface area contributed by atoms with Gasteiger partial charge < -0.3 is 4.74 Å². The van der Waals surface area contributed by atoms with Crippen molar-refractivity contribution in [1.82, 2.24) is 0 Å². The summed E-state index contributed by atoms with van der Waals surface area (Å²) in [6.07, 6.45) is -0.322. The Morgan fingerprint density at radius 2 is 1.83 bits per heavy atom. The van der Waals surface area contributed by atoms with E-state index in [1.54, 1.807) is 0 Å². The topological polar surface area (TPSA) is 60.4 Å². The predicted octanol–water partition coefficient (Wildman–Crippen LogP) is 0.344. The molecule has 0 amide bonds. The Bertz CT molecular complexity index is 207. The number of esters is 1. The smallest absolute Gasteiger partial charge is 0.313 e. The normalized spacial score (nSPS) is 11.9. The van der Waals surface area contributed by atoms with Crippen molar-refractivity contribution in [3.8, 4) is 0 Å². The van der Waals surface area contributed by atoms with E-state index in [1.807, 2.05) is 0 Å². The molecule has 0 aromatic carbocycles. The van der Waals surface area contributed by atoms with Crippen molar-refractivity contribution in [2.24, 2.45) is 5.92 Å². The maximum absolute atomic E-state index is 11.0. The Balaban J connectivity index is 4.04. The first-order chi connectivity index (χ1) is 5.49. The lowest BCUT2D eigenvalue weighted by Crippen LogP contribution is -2.21. The number of ether oxygens (including phenoxy) is 1. The van der Waals surface area contributed by atoms with E-state index in [4.69, 9.17) is 0 Å². The minimum Gasteiger partial charge on any atom is -0.469 e. The maximum atomic E-state index is 11.0. The molecule has 0 saturated heterocycles. The van der Waals surface area contributed by atoms with Crippen LogP contribution in [0.2, 0.25) is 0 Å². The van der Waals surface area contributed by atoms with Crippen molar-refractivity contribution in [2.45, 2.75) is 20.3 Å². The van der Waals surface area contributed by atoms with Gasteiger partial charge in [0.15, 0.2) is 5.78 Å². The molecule has 0 spiro atoms. The molecule has 4 nitrogen and oxygen atoms in total. The fourth-order valence-corrected chi connectivity index (χ4v) is 0.594. The molecule has 0 fully saturated rings. The monoisotopic (exact) mass is 172 g/mol. The standard InChI is InChI=1S/C8H12O4/c1-5(6(2)9)7(10)4-8(11)12-3/h5H,4H2,1-3H3. The molecular formula is C8H12O4. The fraction of sp³-hybridized carbons (Fsp3) is 0.625. The Kier molecular flexibility index (Phi) is 4.18. The number of methoxy groups -OCH3 is 1. The third-order valence-corrected chi connectivity index (χ3v) is 1.64. The molecule has 0 rings (SSSR count). The molecule has 0 aromatic heterocycles. The first-order valence-corrected chi connectivity index (χ1v) is 3.59. The van der Waals surface area contributed by atoms with Gasteiger partial charge in [0.05, 0.1) is 13.0 Å². The first-order valence-electron chi connectivity index (χ1n) is 3.59. The van der Waals surface area contributed by atoms with Crippen molar-refractivity contribution in [3.63, 3.8) is 0 Å². The van der Waals surface area contributed by atoms with Crippen LogP contribution in [0.1, 0.15) is 20.3 Å². The Morgan fingerprint density at radius 1 is 1.33 bits per heavy atom. The van der Waals surface area contributed by atoms with Gasteiger partial charge in [0, 0.05) is 0 Å². The van der Waals surface area contributed by atoms with E-state index in [2.05, 4.69) is 4.74 Å². The lowest BCUT2D eigenvalue weighted by atomic mass is 10.0. The highest BCUT2D eigenvalue weighted by Gasteiger charge is 2.20. The zero-order valence-corrected chi connectivity index (χ0v) is 7.42. The summed E-state index contributed by atoms with van der Waals surface area (Å²) in [5, 5.41) is 0. The van der Waals surface area contributed by atoms with Gasteiger partial charge in [0.1, 0.15) is 12.2 Å². The van der Waals surface area contributed by atoms with Crippen molar-refractivity contribution in [3.05, 3.63) is 0 Å². The van der Waals surface area contributed by atoms with Crippen LogP contribution >= 0.6 is 0 Å². The number of rotatable bonds is 4. The summed E-state index contributed by atoms with van der Waals surface area (Å²) in [4.78, 5) is 32.3. The maximum Gasteiger partial charge on any atom is 0.313 e. The number of carbonyl (C=O) groups is 3. The largest absolute Gasteiger partial charge is 0.469 e. The second-order valence-electron chi connectivity index (χ2n) is 2.55. The molecule has 0 N–H and O–H groups in total. The second kappa shape index (κ2) is 4.64. The van der Waals surface area contributed by atoms with Gasteiger partial charge in [0.25, 0.3) is 0 Å². The highest BCUT2D eigenvalue weighted by atomic mass is 16.5. The van der Waals surface area contributed by atoms with Crippen LogP contribution in [0.5, 0.6) is 0 Å². The van der Waals surface area contributed by atoms with Crippen molar-refractivity contribution in [1.29, 1.82) is 0 Å².